The van der Waals surface area contributed by atoms with Gasteiger partial charge in [0.1, 0.15) is 11.6 Å². The van der Waals surface area contributed by atoms with E-state index in [1.165, 1.54) is 23.1 Å². The number of halogens is 3. The molecule has 0 spiro atoms. The summed E-state index contributed by atoms with van der Waals surface area (Å²) in [5.74, 6) is 1.03. The summed E-state index contributed by atoms with van der Waals surface area (Å²) in [7, 11) is 0. The van der Waals surface area contributed by atoms with Crippen molar-refractivity contribution in [2.45, 2.75) is 11.9 Å². The van der Waals surface area contributed by atoms with Crippen LogP contribution in [0.25, 0.3) is 0 Å². The summed E-state index contributed by atoms with van der Waals surface area (Å²) in [5.41, 5.74) is 0. The molecule has 11 heteroatoms. The van der Waals surface area contributed by atoms with E-state index >= 15 is 0 Å². The number of rotatable bonds is 8. The Morgan fingerprint density at radius 3 is 2.90 bits per heavy atom. The minimum atomic E-state index is -4.47. The van der Waals surface area contributed by atoms with Crippen LogP contribution in [0.15, 0.2) is 16.6 Å². The van der Waals surface area contributed by atoms with Gasteiger partial charge in [0.25, 0.3) is 6.54 Å². The van der Waals surface area contributed by atoms with Gasteiger partial charge in [0, 0.05) is 34.6 Å². The lowest BCUT2D eigenvalue weighted by Crippen LogP contribution is -2.33. The number of amidine groups is 1. The maximum atomic E-state index is 12.0. The van der Waals surface area contributed by atoms with Crippen molar-refractivity contribution in [2.24, 2.45) is 4.99 Å². The average Bonchev–Trinajstić information content (AvgIpc) is 2.86. The Kier molecular flexibility index (Phi) is 7.43. The fourth-order valence-corrected chi connectivity index (χ4v) is 2.78. The first kappa shape index (κ1) is 17.7. The standard InChI is InChI=1S/C10H13F3N4O2S2/c11-10(12,13)7-16-8(5-17(18)19)14-1-3-20-6-9-15-2-4-21-9/h2,4H,1,3,5-7H2,(H,14,16). The number of thiazole rings is 1. The molecule has 1 N–H and O–H groups in total. The SMILES string of the molecule is O=[N+]([O-])CC(=NCC(F)(F)F)NCCSCc1nccs1. The molecule has 0 aliphatic rings. The van der Waals surface area contributed by atoms with Crippen molar-refractivity contribution in [1.82, 2.24) is 10.3 Å². The van der Waals surface area contributed by atoms with Gasteiger partial charge in [-0.3, -0.25) is 15.1 Å². The van der Waals surface area contributed by atoms with E-state index in [9.17, 15) is 23.3 Å². The Morgan fingerprint density at radius 1 is 1.57 bits per heavy atom. The first-order valence-corrected chi connectivity index (χ1v) is 7.82. The summed E-state index contributed by atoms with van der Waals surface area (Å²) in [6.45, 7) is -1.86. The van der Waals surface area contributed by atoms with E-state index in [2.05, 4.69) is 15.3 Å². The van der Waals surface area contributed by atoms with E-state index in [0.717, 1.165) is 5.01 Å². The molecule has 0 saturated carbocycles. The smallest absolute Gasteiger partial charge is 0.368 e. The lowest BCUT2D eigenvalue weighted by molar-refractivity contribution is -0.463. The van der Waals surface area contributed by atoms with E-state index in [-0.39, 0.29) is 5.84 Å². The lowest BCUT2D eigenvalue weighted by atomic mass is 10.5. The summed E-state index contributed by atoms with van der Waals surface area (Å²) in [4.78, 5) is 16.9. The molecule has 0 bridgehead atoms. The van der Waals surface area contributed by atoms with Gasteiger partial charge in [0.15, 0.2) is 5.84 Å². The number of nitrogens with zero attached hydrogens (tertiary/aromatic N) is 3. The predicted octanol–water partition coefficient (Wildman–Crippen LogP) is 2.20. The van der Waals surface area contributed by atoms with Crippen LogP contribution in [-0.2, 0) is 5.75 Å². The van der Waals surface area contributed by atoms with Gasteiger partial charge in [0.05, 0.1) is 0 Å². The zero-order chi connectivity index (χ0) is 15.7. The monoisotopic (exact) mass is 342 g/mol. The van der Waals surface area contributed by atoms with Gasteiger partial charge in [-0.15, -0.1) is 11.3 Å². The van der Waals surface area contributed by atoms with Gasteiger partial charge in [-0.05, 0) is 0 Å². The Balaban J connectivity index is 2.30. The average molecular weight is 342 g/mol. The highest BCUT2D eigenvalue weighted by atomic mass is 32.2. The van der Waals surface area contributed by atoms with Gasteiger partial charge in [-0.2, -0.15) is 24.9 Å². The molecule has 0 amide bonds. The number of thioether (sulfide) groups is 1. The Bertz CT molecular complexity index is 465. The molecule has 0 aromatic carbocycles. The largest absolute Gasteiger partial charge is 0.408 e. The highest BCUT2D eigenvalue weighted by Gasteiger charge is 2.27. The maximum Gasteiger partial charge on any atom is 0.408 e. The van der Waals surface area contributed by atoms with Crippen LogP contribution in [0.4, 0.5) is 13.2 Å². The molecular weight excluding hydrogens is 329 g/mol. The quantitative estimate of drug-likeness (QED) is 0.258. The molecular formula is C10H13F3N4O2S2. The number of alkyl halides is 3. The number of aliphatic imine (C=N–C) groups is 1. The minimum Gasteiger partial charge on any atom is -0.368 e. The highest BCUT2D eigenvalue weighted by molar-refractivity contribution is 7.98. The zero-order valence-corrected chi connectivity index (χ0v) is 12.4. The third-order valence-corrected chi connectivity index (χ3v) is 3.95. The van der Waals surface area contributed by atoms with Gasteiger partial charge in [-0.25, -0.2) is 4.98 Å². The lowest BCUT2D eigenvalue weighted by Gasteiger charge is -2.08. The van der Waals surface area contributed by atoms with Crippen molar-refractivity contribution in [3.8, 4) is 0 Å². The second kappa shape index (κ2) is 8.82. The third-order valence-electron chi connectivity index (χ3n) is 2.01. The molecule has 6 nitrogen and oxygen atoms in total. The van der Waals surface area contributed by atoms with Crippen LogP contribution in [-0.4, -0.2) is 47.3 Å². The van der Waals surface area contributed by atoms with E-state index in [1.807, 2.05) is 5.38 Å². The van der Waals surface area contributed by atoms with Gasteiger partial charge in [0.2, 0.25) is 0 Å². The van der Waals surface area contributed by atoms with E-state index in [0.29, 0.717) is 18.1 Å². The molecule has 1 heterocycles. The summed E-state index contributed by atoms with van der Waals surface area (Å²) in [5, 5.41) is 15.8. The molecule has 0 aliphatic carbocycles. The Hall–Kier alpha value is -1.36. The molecule has 0 atom stereocenters. The van der Waals surface area contributed by atoms with Crippen molar-refractivity contribution in [2.75, 3.05) is 25.4 Å². The number of aromatic nitrogens is 1. The minimum absolute atomic E-state index is 0.257. The maximum absolute atomic E-state index is 12.0. The number of hydrogen-bond acceptors (Lipinski definition) is 6. The van der Waals surface area contributed by atoms with E-state index in [1.54, 1.807) is 6.20 Å². The van der Waals surface area contributed by atoms with E-state index in [4.69, 9.17) is 0 Å². The molecule has 0 fully saturated rings. The predicted molar refractivity (Wildman–Crippen MR) is 76.5 cm³/mol. The number of nitrogens with one attached hydrogen (secondary N) is 1. The number of nitro groups is 1. The van der Waals surface area contributed by atoms with Crippen LogP contribution >= 0.6 is 23.1 Å². The summed E-state index contributed by atoms with van der Waals surface area (Å²) in [6.07, 6.45) is -2.78. The topological polar surface area (TPSA) is 80.4 Å². The fraction of sp³-hybridized carbons (Fsp3) is 0.600. The Morgan fingerprint density at radius 2 is 2.33 bits per heavy atom. The van der Waals surface area contributed by atoms with E-state index < -0.39 is 24.2 Å². The molecule has 0 radical (unpaired) electrons. The molecule has 118 valence electrons. The fourth-order valence-electron chi connectivity index (χ4n) is 1.22. The van der Waals surface area contributed by atoms with Crippen LogP contribution in [0.5, 0.6) is 0 Å². The van der Waals surface area contributed by atoms with Crippen molar-refractivity contribution >= 4 is 28.9 Å². The van der Waals surface area contributed by atoms with Crippen molar-refractivity contribution in [3.63, 3.8) is 0 Å². The highest BCUT2D eigenvalue weighted by Crippen LogP contribution is 2.15. The summed E-state index contributed by atoms with van der Waals surface area (Å²) >= 11 is 3.05. The zero-order valence-electron chi connectivity index (χ0n) is 10.8. The van der Waals surface area contributed by atoms with Crippen LogP contribution in [0.1, 0.15) is 5.01 Å². The van der Waals surface area contributed by atoms with Gasteiger partial charge >= 0.3 is 6.18 Å². The van der Waals surface area contributed by atoms with Crippen LogP contribution < -0.4 is 5.32 Å². The molecule has 1 aromatic heterocycles. The molecule has 1 aromatic rings. The van der Waals surface area contributed by atoms with Crippen LogP contribution in [0.3, 0.4) is 0 Å². The van der Waals surface area contributed by atoms with Gasteiger partial charge < -0.3 is 5.32 Å². The summed E-state index contributed by atoms with van der Waals surface area (Å²) in [6, 6.07) is 0. The van der Waals surface area contributed by atoms with Crippen molar-refractivity contribution in [1.29, 1.82) is 0 Å². The molecule has 21 heavy (non-hydrogen) atoms. The normalized spacial score (nSPS) is 12.4. The van der Waals surface area contributed by atoms with Crippen LogP contribution in [0.2, 0.25) is 0 Å². The Labute approximate surface area is 127 Å². The molecule has 1 rings (SSSR count). The molecule has 0 aliphatic heterocycles. The van der Waals surface area contributed by atoms with Crippen molar-refractivity contribution < 1.29 is 18.1 Å². The van der Waals surface area contributed by atoms with Crippen LogP contribution in [0, 0.1) is 10.1 Å². The molecule has 0 saturated heterocycles. The molecule has 0 unspecified atom stereocenters. The third kappa shape index (κ3) is 9.24. The summed E-state index contributed by atoms with van der Waals surface area (Å²) < 4.78 is 36.1. The first-order valence-electron chi connectivity index (χ1n) is 5.78. The second-order valence-electron chi connectivity index (χ2n) is 3.77. The number of hydrogen-bond donors (Lipinski definition) is 1. The van der Waals surface area contributed by atoms with Crippen molar-refractivity contribution in [3.05, 3.63) is 26.7 Å². The van der Waals surface area contributed by atoms with Gasteiger partial charge in [-0.1, -0.05) is 0 Å². The second-order valence-corrected chi connectivity index (χ2v) is 5.86. The first-order chi connectivity index (χ1) is 9.87.